The zero-order chi connectivity index (χ0) is 24.0. The number of hydrogen-bond acceptors (Lipinski definition) is 6. The standard InChI is InChI=1S/C24H25N3O6/c1-3-6-18-22(30)21(23(31)25-13-20(28)29)24(32)27(26-18)14-15-9-11-16(12-10-15)17-7-4-5-8-19(17)33-2/h4-5,7-12,30H,3,6,13-14H2,1-2H3,(H,25,31)(H,28,29). The van der Waals surface area contributed by atoms with Gasteiger partial charge in [0.05, 0.1) is 13.7 Å². The fourth-order valence-electron chi connectivity index (χ4n) is 3.42. The average molecular weight is 451 g/mol. The van der Waals surface area contributed by atoms with Crippen LogP contribution >= 0.6 is 0 Å². The van der Waals surface area contributed by atoms with Crippen molar-refractivity contribution >= 4 is 11.9 Å². The molecule has 0 aliphatic heterocycles. The lowest BCUT2D eigenvalue weighted by atomic mass is 10.0. The number of amides is 1. The Morgan fingerprint density at radius 2 is 1.82 bits per heavy atom. The molecule has 9 heteroatoms. The van der Waals surface area contributed by atoms with Crippen LogP contribution in [0.5, 0.6) is 11.5 Å². The van der Waals surface area contributed by atoms with E-state index >= 15 is 0 Å². The zero-order valence-corrected chi connectivity index (χ0v) is 18.4. The van der Waals surface area contributed by atoms with Crippen LogP contribution in [0.2, 0.25) is 0 Å². The summed E-state index contributed by atoms with van der Waals surface area (Å²) in [6, 6.07) is 15.1. The van der Waals surface area contributed by atoms with Gasteiger partial charge in [0.1, 0.15) is 23.6 Å². The molecular formula is C24H25N3O6. The van der Waals surface area contributed by atoms with Gasteiger partial charge >= 0.3 is 5.97 Å². The zero-order valence-electron chi connectivity index (χ0n) is 18.4. The predicted octanol–water partition coefficient (Wildman–Crippen LogP) is 2.44. The molecule has 2 aromatic carbocycles. The number of aliphatic carboxylic acids is 1. The van der Waals surface area contributed by atoms with Gasteiger partial charge in [0.15, 0.2) is 5.75 Å². The SMILES string of the molecule is CCCc1nn(Cc2ccc(-c3ccccc3OC)cc2)c(=O)c(C(=O)NCC(=O)O)c1O. The number of carbonyl (C=O) groups is 2. The molecule has 0 saturated heterocycles. The van der Waals surface area contributed by atoms with Crippen molar-refractivity contribution in [1.82, 2.24) is 15.1 Å². The van der Waals surface area contributed by atoms with E-state index in [-0.39, 0.29) is 12.2 Å². The Bertz CT molecular complexity index is 1220. The van der Waals surface area contributed by atoms with Gasteiger partial charge in [-0.1, -0.05) is 55.8 Å². The summed E-state index contributed by atoms with van der Waals surface area (Å²) in [6.07, 6.45) is 0.973. The van der Waals surface area contributed by atoms with Crippen LogP contribution in [-0.4, -0.2) is 45.5 Å². The van der Waals surface area contributed by atoms with E-state index in [1.807, 2.05) is 55.5 Å². The summed E-state index contributed by atoms with van der Waals surface area (Å²) in [4.78, 5) is 36.1. The lowest BCUT2D eigenvalue weighted by Gasteiger charge is -2.13. The first-order chi connectivity index (χ1) is 15.8. The minimum atomic E-state index is -1.26. The van der Waals surface area contributed by atoms with Crippen LogP contribution in [-0.2, 0) is 17.8 Å². The Labute approximate surface area is 190 Å². The Hall–Kier alpha value is -4.14. The molecule has 0 saturated carbocycles. The number of aromatic nitrogens is 2. The maximum atomic E-state index is 12.9. The molecule has 1 amide bonds. The number of aryl methyl sites for hydroxylation is 1. The minimum absolute atomic E-state index is 0.0707. The first kappa shape index (κ1) is 23.5. The van der Waals surface area contributed by atoms with Gasteiger partial charge in [-0.25, -0.2) is 4.68 Å². The third-order valence-electron chi connectivity index (χ3n) is 5.02. The lowest BCUT2D eigenvalue weighted by molar-refractivity contribution is -0.135. The van der Waals surface area contributed by atoms with Gasteiger partial charge in [-0.3, -0.25) is 14.4 Å². The van der Waals surface area contributed by atoms with Crippen LogP contribution in [0.15, 0.2) is 53.3 Å². The van der Waals surface area contributed by atoms with Crippen molar-refractivity contribution in [2.45, 2.75) is 26.3 Å². The van der Waals surface area contributed by atoms with Crippen molar-refractivity contribution in [2.24, 2.45) is 0 Å². The third kappa shape index (κ3) is 5.38. The van der Waals surface area contributed by atoms with Crippen molar-refractivity contribution < 1.29 is 24.5 Å². The summed E-state index contributed by atoms with van der Waals surface area (Å²) in [5, 5.41) is 25.6. The molecule has 3 rings (SSSR count). The number of ether oxygens (including phenoxy) is 1. The maximum absolute atomic E-state index is 12.9. The molecular weight excluding hydrogens is 426 g/mol. The number of methoxy groups -OCH3 is 1. The predicted molar refractivity (Wildman–Crippen MR) is 122 cm³/mol. The van der Waals surface area contributed by atoms with E-state index in [0.29, 0.717) is 12.8 Å². The number of carboxylic acids is 1. The van der Waals surface area contributed by atoms with Crippen molar-refractivity contribution in [3.05, 3.63) is 75.7 Å². The normalized spacial score (nSPS) is 10.6. The van der Waals surface area contributed by atoms with Crippen LogP contribution in [0.3, 0.4) is 0 Å². The molecule has 9 nitrogen and oxygen atoms in total. The molecule has 0 fully saturated rings. The van der Waals surface area contributed by atoms with Gasteiger partial charge in [-0.05, 0) is 23.6 Å². The number of carbonyl (C=O) groups excluding carboxylic acids is 1. The Morgan fingerprint density at radius 1 is 1.12 bits per heavy atom. The fraction of sp³-hybridized carbons (Fsp3) is 0.250. The number of rotatable bonds is 9. The van der Waals surface area contributed by atoms with E-state index < -0.39 is 35.3 Å². The second-order valence-electron chi connectivity index (χ2n) is 7.36. The van der Waals surface area contributed by atoms with Crippen LogP contribution < -0.4 is 15.6 Å². The highest BCUT2D eigenvalue weighted by Gasteiger charge is 2.23. The van der Waals surface area contributed by atoms with E-state index in [1.165, 1.54) is 0 Å². The Morgan fingerprint density at radius 3 is 2.45 bits per heavy atom. The number of para-hydroxylation sites is 1. The highest BCUT2D eigenvalue weighted by atomic mass is 16.5. The molecule has 0 unspecified atom stereocenters. The lowest BCUT2D eigenvalue weighted by Crippen LogP contribution is -2.37. The number of benzene rings is 2. The van der Waals surface area contributed by atoms with Crippen LogP contribution in [0.4, 0.5) is 0 Å². The summed E-state index contributed by atoms with van der Waals surface area (Å²) in [5.41, 5.74) is 1.50. The first-order valence-electron chi connectivity index (χ1n) is 10.4. The second-order valence-corrected chi connectivity index (χ2v) is 7.36. The molecule has 0 radical (unpaired) electrons. The Kier molecular flexibility index (Phi) is 7.45. The van der Waals surface area contributed by atoms with Gasteiger partial charge in [0.2, 0.25) is 0 Å². The van der Waals surface area contributed by atoms with E-state index in [0.717, 1.165) is 27.1 Å². The van der Waals surface area contributed by atoms with E-state index in [9.17, 15) is 19.5 Å². The molecule has 1 aromatic heterocycles. The van der Waals surface area contributed by atoms with Crippen LogP contribution in [0, 0.1) is 0 Å². The number of hydrogen-bond donors (Lipinski definition) is 3. The highest BCUT2D eigenvalue weighted by molar-refractivity contribution is 5.98. The van der Waals surface area contributed by atoms with Gasteiger partial charge < -0.3 is 20.3 Å². The highest BCUT2D eigenvalue weighted by Crippen LogP contribution is 2.29. The van der Waals surface area contributed by atoms with E-state index in [1.54, 1.807) is 7.11 Å². The van der Waals surface area contributed by atoms with Crippen molar-refractivity contribution in [3.63, 3.8) is 0 Å². The molecule has 3 aromatic rings. The van der Waals surface area contributed by atoms with Gasteiger partial charge in [0, 0.05) is 5.56 Å². The smallest absolute Gasteiger partial charge is 0.322 e. The summed E-state index contributed by atoms with van der Waals surface area (Å²) < 4.78 is 6.51. The minimum Gasteiger partial charge on any atom is -0.505 e. The fourth-order valence-corrected chi connectivity index (χ4v) is 3.42. The molecule has 3 N–H and O–H groups in total. The summed E-state index contributed by atoms with van der Waals surface area (Å²) in [5.74, 6) is -2.00. The molecule has 172 valence electrons. The van der Waals surface area contributed by atoms with E-state index in [4.69, 9.17) is 9.84 Å². The molecule has 33 heavy (non-hydrogen) atoms. The number of nitrogens with one attached hydrogen (secondary N) is 1. The first-order valence-corrected chi connectivity index (χ1v) is 10.4. The average Bonchev–Trinajstić information content (AvgIpc) is 2.81. The molecule has 0 spiro atoms. The quantitative estimate of drug-likeness (QED) is 0.455. The molecule has 1 heterocycles. The number of carboxylic acid groups (broad SMARTS) is 1. The van der Waals surface area contributed by atoms with Gasteiger partial charge in [-0.2, -0.15) is 5.10 Å². The van der Waals surface area contributed by atoms with Gasteiger partial charge in [-0.15, -0.1) is 0 Å². The van der Waals surface area contributed by atoms with Crippen molar-refractivity contribution in [2.75, 3.05) is 13.7 Å². The topological polar surface area (TPSA) is 131 Å². The Balaban J connectivity index is 1.95. The summed E-state index contributed by atoms with van der Waals surface area (Å²) in [7, 11) is 1.61. The molecule has 0 aliphatic carbocycles. The number of aromatic hydroxyl groups is 1. The molecule has 0 atom stereocenters. The van der Waals surface area contributed by atoms with Crippen LogP contribution in [0.25, 0.3) is 11.1 Å². The third-order valence-corrected chi connectivity index (χ3v) is 5.02. The van der Waals surface area contributed by atoms with Crippen LogP contribution in [0.1, 0.15) is 35.0 Å². The monoisotopic (exact) mass is 451 g/mol. The second kappa shape index (κ2) is 10.4. The number of nitrogens with zero attached hydrogens (tertiary/aromatic N) is 2. The largest absolute Gasteiger partial charge is 0.505 e. The summed E-state index contributed by atoms with van der Waals surface area (Å²) >= 11 is 0. The summed E-state index contributed by atoms with van der Waals surface area (Å²) in [6.45, 7) is 1.27. The molecule has 0 aliphatic rings. The van der Waals surface area contributed by atoms with Crippen molar-refractivity contribution in [1.29, 1.82) is 0 Å². The maximum Gasteiger partial charge on any atom is 0.322 e. The van der Waals surface area contributed by atoms with Crippen molar-refractivity contribution in [3.8, 4) is 22.6 Å². The molecule has 0 bridgehead atoms. The van der Waals surface area contributed by atoms with E-state index in [2.05, 4.69) is 10.4 Å². The van der Waals surface area contributed by atoms with Gasteiger partial charge in [0.25, 0.3) is 11.5 Å².